The Balaban J connectivity index is 2.16. The summed E-state index contributed by atoms with van der Waals surface area (Å²) in [6, 6.07) is 0. The molecule has 78 valence electrons. The van der Waals surface area contributed by atoms with E-state index in [4.69, 9.17) is 0 Å². The number of nitrogens with zero attached hydrogens (tertiary/aromatic N) is 3. The lowest BCUT2D eigenvalue weighted by molar-refractivity contribution is 0.128. The zero-order valence-corrected chi connectivity index (χ0v) is 9.38. The summed E-state index contributed by atoms with van der Waals surface area (Å²) in [6.45, 7) is 3.16. The molecule has 1 aromatic heterocycles. The molecule has 1 aliphatic rings. The molecule has 1 saturated carbocycles. The normalized spacial score (nSPS) is 21.6. The van der Waals surface area contributed by atoms with Crippen molar-refractivity contribution in [3.05, 3.63) is 6.33 Å². The largest absolute Gasteiger partial charge is 0.306 e. The maximum atomic E-state index is 11.3. The van der Waals surface area contributed by atoms with Gasteiger partial charge in [0, 0.05) is 12.8 Å². The summed E-state index contributed by atoms with van der Waals surface area (Å²) in [4.78, 5) is 0. The van der Waals surface area contributed by atoms with E-state index < -0.39 is 10.8 Å². The Morgan fingerprint density at radius 1 is 1.64 bits per heavy atom. The lowest BCUT2D eigenvalue weighted by atomic mass is 9.70. The Morgan fingerprint density at radius 2 is 2.36 bits per heavy atom. The molecular formula is C9H15N3OS. The molecule has 0 saturated heterocycles. The Labute approximate surface area is 86.2 Å². The van der Waals surface area contributed by atoms with E-state index in [9.17, 15) is 4.21 Å². The van der Waals surface area contributed by atoms with Crippen LogP contribution >= 0.6 is 0 Å². The minimum absolute atomic E-state index is 0.372. The standard InChI is InChI=1S/C9H15N3OS/c1-9(4-3-5-9)6-12-7-10-11-8(12)14(2)13/h7H,3-6H2,1-2H3/t14-/m1/s1. The predicted octanol–water partition coefficient (Wildman–Crippen LogP) is 1.21. The predicted molar refractivity (Wildman–Crippen MR) is 54.3 cm³/mol. The Morgan fingerprint density at radius 3 is 2.86 bits per heavy atom. The van der Waals surface area contributed by atoms with E-state index in [-0.39, 0.29) is 0 Å². The van der Waals surface area contributed by atoms with Gasteiger partial charge in [0.15, 0.2) is 0 Å². The highest BCUT2D eigenvalue weighted by atomic mass is 32.2. The number of hydrogen-bond donors (Lipinski definition) is 0. The number of aromatic nitrogens is 3. The molecular weight excluding hydrogens is 198 g/mol. The molecule has 14 heavy (non-hydrogen) atoms. The van der Waals surface area contributed by atoms with Crippen LogP contribution in [0.1, 0.15) is 26.2 Å². The van der Waals surface area contributed by atoms with E-state index in [1.54, 1.807) is 12.6 Å². The molecule has 0 bridgehead atoms. The number of rotatable bonds is 3. The third kappa shape index (κ3) is 1.73. The summed E-state index contributed by atoms with van der Waals surface area (Å²) >= 11 is 0. The van der Waals surface area contributed by atoms with Gasteiger partial charge in [0.25, 0.3) is 0 Å². The first-order valence-electron chi connectivity index (χ1n) is 4.82. The van der Waals surface area contributed by atoms with E-state index in [0.29, 0.717) is 10.6 Å². The van der Waals surface area contributed by atoms with E-state index in [2.05, 4.69) is 17.1 Å². The fourth-order valence-corrected chi connectivity index (χ4v) is 2.53. The van der Waals surface area contributed by atoms with Crippen molar-refractivity contribution in [1.82, 2.24) is 14.8 Å². The first-order valence-corrected chi connectivity index (χ1v) is 6.38. The minimum Gasteiger partial charge on any atom is -0.306 e. The van der Waals surface area contributed by atoms with Gasteiger partial charge in [-0.2, -0.15) is 0 Å². The highest BCUT2D eigenvalue weighted by Gasteiger charge is 2.32. The molecule has 0 spiro atoms. The van der Waals surface area contributed by atoms with Gasteiger partial charge in [0.1, 0.15) is 6.33 Å². The van der Waals surface area contributed by atoms with Gasteiger partial charge in [0.2, 0.25) is 5.16 Å². The van der Waals surface area contributed by atoms with Crippen LogP contribution in [0.15, 0.2) is 11.5 Å². The lowest BCUT2D eigenvalue weighted by Crippen LogP contribution is -2.31. The van der Waals surface area contributed by atoms with Crippen LogP contribution in [-0.2, 0) is 17.3 Å². The average molecular weight is 213 g/mol. The first kappa shape index (κ1) is 9.83. The molecule has 1 heterocycles. The summed E-state index contributed by atoms with van der Waals surface area (Å²) in [7, 11) is -1.03. The minimum atomic E-state index is -1.03. The van der Waals surface area contributed by atoms with Crippen LogP contribution in [0.2, 0.25) is 0 Å². The lowest BCUT2D eigenvalue weighted by Gasteiger charge is -2.38. The Hall–Kier alpha value is -0.710. The van der Waals surface area contributed by atoms with Crippen molar-refractivity contribution in [2.24, 2.45) is 5.41 Å². The van der Waals surface area contributed by atoms with Crippen molar-refractivity contribution in [1.29, 1.82) is 0 Å². The Bertz CT molecular complexity index is 357. The maximum Gasteiger partial charge on any atom is 0.221 e. The molecule has 0 N–H and O–H groups in total. The van der Waals surface area contributed by atoms with Crippen LogP contribution in [0, 0.1) is 5.41 Å². The third-order valence-electron chi connectivity index (χ3n) is 2.95. The molecule has 4 nitrogen and oxygen atoms in total. The average Bonchev–Trinajstić information content (AvgIpc) is 2.49. The molecule has 1 aliphatic carbocycles. The Kier molecular flexibility index (Phi) is 2.43. The first-order chi connectivity index (χ1) is 6.61. The van der Waals surface area contributed by atoms with Crippen LogP contribution in [-0.4, -0.2) is 25.2 Å². The van der Waals surface area contributed by atoms with Gasteiger partial charge in [-0.05, 0) is 18.3 Å². The van der Waals surface area contributed by atoms with Gasteiger partial charge in [-0.3, -0.25) is 4.21 Å². The van der Waals surface area contributed by atoms with Crippen LogP contribution in [0.5, 0.6) is 0 Å². The second kappa shape index (κ2) is 3.46. The molecule has 1 atom stereocenters. The highest BCUT2D eigenvalue weighted by molar-refractivity contribution is 7.84. The zero-order chi connectivity index (χ0) is 10.2. The molecule has 1 fully saturated rings. The summed E-state index contributed by atoms with van der Waals surface area (Å²) in [6.07, 6.45) is 7.13. The van der Waals surface area contributed by atoms with Crippen molar-refractivity contribution in [3.8, 4) is 0 Å². The van der Waals surface area contributed by atoms with Crippen LogP contribution in [0.25, 0.3) is 0 Å². The molecule has 0 aliphatic heterocycles. The second-order valence-corrected chi connectivity index (χ2v) is 5.63. The van der Waals surface area contributed by atoms with E-state index in [1.165, 1.54) is 19.3 Å². The summed E-state index contributed by atoms with van der Waals surface area (Å²) in [5, 5.41) is 8.27. The molecule has 0 amide bonds. The summed E-state index contributed by atoms with van der Waals surface area (Å²) in [5.74, 6) is 0. The molecule has 1 aromatic rings. The van der Waals surface area contributed by atoms with E-state index >= 15 is 0 Å². The fraction of sp³-hybridized carbons (Fsp3) is 0.778. The van der Waals surface area contributed by atoms with E-state index in [0.717, 1.165) is 6.54 Å². The molecule has 0 aromatic carbocycles. The van der Waals surface area contributed by atoms with Crippen LogP contribution in [0.3, 0.4) is 0 Å². The van der Waals surface area contributed by atoms with Gasteiger partial charge in [0.05, 0.1) is 10.8 Å². The van der Waals surface area contributed by atoms with Crippen molar-refractivity contribution >= 4 is 10.8 Å². The monoisotopic (exact) mass is 213 g/mol. The quantitative estimate of drug-likeness (QED) is 0.758. The van der Waals surface area contributed by atoms with E-state index in [1.807, 2.05) is 4.57 Å². The van der Waals surface area contributed by atoms with Crippen molar-refractivity contribution in [2.75, 3.05) is 6.26 Å². The second-order valence-electron chi connectivity index (χ2n) is 4.36. The van der Waals surface area contributed by atoms with Gasteiger partial charge >= 0.3 is 0 Å². The molecule has 2 rings (SSSR count). The third-order valence-corrected chi connectivity index (χ3v) is 3.78. The number of hydrogen-bond acceptors (Lipinski definition) is 3. The SMILES string of the molecule is C[S@@](=O)c1nncn1CC1(C)CCC1. The molecule has 5 heteroatoms. The van der Waals surface area contributed by atoms with Gasteiger partial charge in [-0.1, -0.05) is 13.3 Å². The maximum absolute atomic E-state index is 11.3. The van der Waals surface area contributed by atoms with Crippen molar-refractivity contribution in [3.63, 3.8) is 0 Å². The van der Waals surface area contributed by atoms with Gasteiger partial charge < -0.3 is 4.57 Å². The topological polar surface area (TPSA) is 47.8 Å². The fourth-order valence-electron chi connectivity index (χ4n) is 1.93. The zero-order valence-electron chi connectivity index (χ0n) is 8.56. The van der Waals surface area contributed by atoms with Gasteiger partial charge in [-0.25, -0.2) is 0 Å². The summed E-state index contributed by atoms with van der Waals surface area (Å²) < 4.78 is 13.2. The van der Waals surface area contributed by atoms with Crippen molar-refractivity contribution in [2.45, 2.75) is 37.9 Å². The summed E-state index contributed by atoms with van der Waals surface area (Å²) in [5.41, 5.74) is 0.372. The smallest absolute Gasteiger partial charge is 0.221 e. The van der Waals surface area contributed by atoms with Gasteiger partial charge in [-0.15, -0.1) is 10.2 Å². The highest BCUT2D eigenvalue weighted by Crippen LogP contribution is 2.41. The van der Waals surface area contributed by atoms with Crippen LogP contribution in [0.4, 0.5) is 0 Å². The molecule has 0 radical (unpaired) electrons. The molecule has 0 unspecified atom stereocenters. The van der Waals surface area contributed by atoms with Crippen LogP contribution < -0.4 is 0 Å². The van der Waals surface area contributed by atoms with Crippen molar-refractivity contribution < 1.29 is 4.21 Å².